The van der Waals surface area contributed by atoms with Crippen LogP contribution in [-0.2, 0) is 0 Å². The molecule has 1 atom stereocenters. The molecule has 0 amide bonds. The molecule has 0 spiro atoms. The summed E-state index contributed by atoms with van der Waals surface area (Å²) in [6, 6.07) is 0. The van der Waals surface area contributed by atoms with Gasteiger partial charge in [0.2, 0.25) is 0 Å². The summed E-state index contributed by atoms with van der Waals surface area (Å²) in [6.07, 6.45) is 6.04. The molecule has 0 saturated heterocycles. The van der Waals surface area contributed by atoms with Gasteiger partial charge < -0.3 is 0 Å². The number of hydrogen-bond acceptors (Lipinski definition) is 3. The van der Waals surface area contributed by atoms with E-state index in [1.165, 1.54) is 0 Å². The Morgan fingerprint density at radius 3 is 2.69 bits per heavy atom. The zero-order valence-corrected chi connectivity index (χ0v) is 11.3. The van der Waals surface area contributed by atoms with Gasteiger partial charge in [0.1, 0.15) is 5.82 Å². The first kappa shape index (κ1) is 13.3. The molecule has 1 heterocycles. The van der Waals surface area contributed by atoms with Gasteiger partial charge in [0.05, 0.1) is 5.38 Å². The maximum absolute atomic E-state index is 6.10. The lowest BCUT2D eigenvalue weighted by Crippen LogP contribution is -2.29. The van der Waals surface area contributed by atoms with Crippen molar-refractivity contribution in [2.75, 3.05) is 7.05 Å². The van der Waals surface area contributed by atoms with Crippen molar-refractivity contribution in [3.8, 4) is 0 Å². The largest absolute Gasteiger partial charge is 0.268 e. The Morgan fingerprint density at radius 2 is 2.19 bits per heavy atom. The van der Waals surface area contributed by atoms with Gasteiger partial charge in [0.15, 0.2) is 0 Å². The van der Waals surface area contributed by atoms with E-state index >= 15 is 0 Å². The summed E-state index contributed by atoms with van der Waals surface area (Å²) < 4.78 is 0. The highest BCUT2D eigenvalue weighted by Crippen LogP contribution is 2.24. The van der Waals surface area contributed by atoms with Crippen LogP contribution < -0.4 is 5.43 Å². The molecule has 90 valence electrons. The SMILES string of the molecule is CNN1C=CC(C)(C)C=N/C1=C(/C)[C@H](C)Cl. The van der Waals surface area contributed by atoms with Gasteiger partial charge in [-0.1, -0.05) is 19.9 Å². The molecule has 0 radical (unpaired) electrons. The maximum atomic E-state index is 6.10. The first-order chi connectivity index (χ1) is 7.37. The van der Waals surface area contributed by atoms with Gasteiger partial charge in [-0.15, -0.1) is 11.6 Å². The summed E-state index contributed by atoms with van der Waals surface area (Å²) in [7, 11) is 1.87. The van der Waals surface area contributed by atoms with Crippen LogP contribution in [-0.4, -0.2) is 23.6 Å². The second kappa shape index (κ2) is 5.02. The molecule has 0 aromatic heterocycles. The second-order valence-corrected chi connectivity index (χ2v) is 5.27. The summed E-state index contributed by atoms with van der Waals surface area (Å²) in [6.45, 7) is 8.18. The highest BCUT2D eigenvalue weighted by molar-refractivity contribution is 6.22. The van der Waals surface area contributed by atoms with Crippen LogP contribution in [0.5, 0.6) is 0 Å². The summed E-state index contributed by atoms with van der Waals surface area (Å²) in [5.74, 6) is 0.867. The standard InChI is InChI=1S/C12H20ClN3/c1-9(10(2)13)11-15-8-12(3,4)6-7-16(11)14-5/h6-8,10,14H,1-5H3/b11-9+/t10-/m0/s1. The number of rotatable bonds is 2. The predicted octanol–water partition coefficient (Wildman–Crippen LogP) is 2.91. The van der Waals surface area contributed by atoms with Crippen LogP contribution in [0.1, 0.15) is 27.7 Å². The van der Waals surface area contributed by atoms with Gasteiger partial charge in [0.25, 0.3) is 0 Å². The third-order valence-corrected chi connectivity index (χ3v) is 2.92. The van der Waals surface area contributed by atoms with Gasteiger partial charge in [-0.25, -0.2) is 10.4 Å². The number of hydrogen-bond donors (Lipinski definition) is 1. The number of nitrogens with zero attached hydrogens (tertiary/aromatic N) is 2. The van der Waals surface area contributed by atoms with Crippen molar-refractivity contribution in [3.63, 3.8) is 0 Å². The fourth-order valence-corrected chi connectivity index (χ4v) is 1.42. The van der Waals surface area contributed by atoms with Crippen LogP contribution in [0.3, 0.4) is 0 Å². The summed E-state index contributed by atoms with van der Waals surface area (Å²) >= 11 is 6.10. The van der Waals surface area contributed by atoms with E-state index in [1.54, 1.807) is 0 Å². The van der Waals surface area contributed by atoms with Crippen LogP contribution in [0.4, 0.5) is 0 Å². The zero-order chi connectivity index (χ0) is 12.3. The lowest BCUT2D eigenvalue weighted by molar-refractivity contribution is 0.366. The molecule has 0 aromatic carbocycles. The quantitative estimate of drug-likeness (QED) is 0.753. The van der Waals surface area contributed by atoms with Gasteiger partial charge in [-0.3, -0.25) is 5.01 Å². The molecular formula is C12H20ClN3. The Bertz CT molecular complexity index is 340. The van der Waals surface area contributed by atoms with Gasteiger partial charge in [0, 0.05) is 24.9 Å². The molecular weight excluding hydrogens is 222 g/mol. The summed E-state index contributed by atoms with van der Waals surface area (Å²) in [5.41, 5.74) is 4.10. The number of allylic oxidation sites excluding steroid dienone is 2. The third-order valence-electron chi connectivity index (χ3n) is 2.59. The van der Waals surface area contributed by atoms with Crippen molar-refractivity contribution in [3.05, 3.63) is 23.7 Å². The third kappa shape index (κ3) is 3.09. The molecule has 16 heavy (non-hydrogen) atoms. The Kier molecular flexibility index (Phi) is 4.16. The fourth-order valence-electron chi connectivity index (χ4n) is 1.32. The lowest BCUT2D eigenvalue weighted by atomic mass is 9.96. The minimum atomic E-state index is -0.0350. The average Bonchev–Trinajstić information content (AvgIpc) is 2.35. The van der Waals surface area contributed by atoms with E-state index in [0.717, 1.165) is 11.4 Å². The number of alkyl halides is 1. The lowest BCUT2D eigenvalue weighted by Gasteiger charge is -2.21. The maximum Gasteiger partial charge on any atom is 0.146 e. The molecule has 0 saturated carbocycles. The van der Waals surface area contributed by atoms with E-state index in [0.29, 0.717) is 0 Å². The second-order valence-electron chi connectivity index (χ2n) is 4.61. The van der Waals surface area contributed by atoms with Gasteiger partial charge in [-0.05, 0) is 19.4 Å². The summed E-state index contributed by atoms with van der Waals surface area (Å²) in [5, 5.41) is 1.86. The van der Waals surface area contributed by atoms with E-state index in [2.05, 4.69) is 30.3 Å². The molecule has 0 bridgehead atoms. The molecule has 1 aliphatic rings. The van der Waals surface area contributed by atoms with E-state index in [-0.39, 0.29) is 10.8 Å². The minimum Gasteiger partial charge on any atom is -0.268 e. The number of halogens is 1. The number of hydrazine groups is 1. The topological polar surface area (TPSA) is 27.6 Å². The molecule has 0 fully saturated rings. The molecule has 3 nitrogen and oxygen atoms in total. The Balaban J connectivity index is 3.18. The molecule has 0 aliphatic carbocycles. The molecule has 1 N–H and O–H groups in total. The van der Waals surface area contributed by atoms with Crippen LogP contribution >= 0.6 is 11.6 Å². The molecule has 1 rings (SSSR count). The van der Waals surface area contributed by atoms with Crippen LogP contribution in [0.15, 0.2) is 28.7 Å². The molecule has 0 aromatic rings. The smallest absolute Gasteiger partial charge is 0.146 e. The van der Waals surface area contributed by atoms with Crippen molar-refractivity contribution in [1.29, 1.82) is 0 Å². The average molecular weight is 242 g/mol. The van der Waals surface area contributed by atoms with E-state index in [9.17, 15) is 0 Å². The fraction of sp³-hybridized carbons (Fsp3) is 0.583. The highest BCUT2D eigenvalue weighted by atomic mass is 35.5. The van der Waals surface area contributed by atoms with Crippen molar-refractivity contribution < 1.29 is 0 Å². The Morgan fingerprint density at radius 1 is 1.56 bits per heavy atom. The van der Waals surface area contributed by atoms with Gasteiger partial charge >= 0.3 is 0 Å². The normalized spacial score (nSPS) is 24.2. The predicted molar refractivity (Wildman–Crippen MR) is 70.3 cm³/mol. The zero-order valence-electron chi connectivity index (χ0n) is 10.6. The highest BCUT2D eigenvalue weighted by Gasteiger charge is 2.18. The van der Waals surface area contributed by atoms with Crippen molar-refractivity contribution in [2.45, 2.75) is 33.1 Å². The molecule has 1 aliphatic heterocycles. The number of aliphatic imine (C=N–C) groups is 1. The van der Waals surface area contributed by atoms with Crippen LogP contribution in [0.2, 0.25) is 0 Å². The van der Waals surface area contributed by atoms with Gasteiger partial charge in [-0.2, -0.15) is 0 Å². The number of nitrogens with one attached hydrogen (secondary N) is 1. The minimum absolute atomic E-state index is 0.0300. The van der Waals surface area contributed by atoms with Crippen LogP contribution in [0, 0.1) is 5.41 Å². The molecule has 0 unspecified atom stereocenters. The van der Waals surface area contributed by atoms with Crippen molar-refractivity contribution in [1.82, 2.24) is 10.4 Å². The first-order valence-corrected chi connectivity index (χ1v) is 5.87. The Labute approximate surface area is 103 Å². The van der Waals surface area contributed by atoms with Crippen LogP contribution in [0.25, 0.3) is 0 Å². The van der Waals surface area contributed by atoms with Crippen molar-refractivity contribution in [2.24, 2.45) is 10.4 Å². The van der Waals surface area contributed by atoms with E-state index in [1.807, 2.05) is 38.3 Å². The Hall–Kier alpha value is -0.800. The summed E-state index contributed by atoms with van der Waals surface area (Å²) in [4.78, 5) is 4.52. The van der Waals surface area contributed by atoms with E-state index < -0.39 is 0 Å². The monoisotopic (exact) mass is 241 g/mol. The van der Waals surface area contributed by atoms with Crippen molar-refractivity contribution >= 4 is 17.8 Å². The van der Waals surface area contributed by atoms with E-state index in [4.69, 9.17) is 11.6 Å². The molecule has 4 heteroatoms. The first-order valence-electron chi connectivity index (χ1n) is 5.43.